The van der Waals surface area contributed by atoms with Gasteiger partial charge in [-0.2, -0.15) is 0 Å². The molecule has 3 heteroatoms. The van der Waals surface area contributed by atoms with Crippen molar-refractivity contribution in [3.05, 3.63) is 47.6 Å². The molecule has 0 aromatic carbocycles. The van der Waals surface area contributed by atoms with Crippen molar-refractivity contribution < 1.29 is 9.59 Å². The fraction of sp³-hybridized carbons (Fsp3) is 0.231. The van der Waals surface area contributed by atoms with Crippen molar-refractivity contribution in [2.24, 2.45) is 11.8 Å². The van der Waals surface area contributed by atoms with Gasteiger partial charge in [0.05, 0.1) is 0 Å². The van der Waals surface area contributed by atoms with Gasteiger partial charge in [-0.25, -0.2) is 0 Å². The number of carbonyl (C=O) groups is 2. The summed E-state index contributed by atoms with van der Waals surface area (Å²) in [4.78, 5) is 22.2. The molecule has 2 unspecified atom stereocenters. The van der Waals surface area contributed by atoms with Crippen LogP contribution in [-0.2, 0) is 9.59 Å². The molecular formula is C13H11BO2. The Bertz CT molecular complexity index is 466. The summed E-state index contributed by atoms with van der Waals surface area (Å²) in [5, 5.41) is 0. The van der Waals surface area contributed by atoms with Crippen molar-refractivity contribution in [1.29, 1.82) is 0 Å². The van der Waals surface area contributed by atoms with Crippen LogP contribution in [0.4, 0.5) is 0 Å². The minimum atomic E-state index is -0.902. The Kier molecular flexibility index (Phi) is 2.78. The van der Waals surface area contributed by atoms with Crippen LogP contribution in [0.5, 0.6) is 0 Å². The molecule has 0 N–H and O–H groups in total. The minimum Gasteiger partial charge on any atom is -0.304 e. The van der Waals surface area contributed by atoms with Gasteiger partial charge in [-0.1, -0.05) is 42.0 Å². The summed E-state index contributed by atoms with van der Waals surface area (Å²) in [5.41, 5.74) is 0.705. The highest BCUT2D eigenvalue weighted by molar-refractivity contribution is 6.79. The van der Waals surface area contributed by atoms with Gasteiger partial charge < -0.3 is 4.79 Å². The molecule has 0 spiro atoms. The first-order valence-corrected chi connectivity index (χ1v) is 5.18. The van der Waals surface area contributed by atoms with Gasteiger partial charge in [0.15, 0.2) is 7.85 Å². The van der Waals surface area contributed by atoms with Gasteiger partial charge in [-0.3, -0.25) is 4.79 Å². The first-order valence-electron chi connectivity index (χ1n) is 5.18. The number of Topliss-reactive ketones (excluding diaryl/α,β-unsaturated/α-hetero) is 1. The largest absolute Gasteiger partial charge is 0.304 e. The van der Waals surface area contributed by atoms with E-state index in [1.807, 2.05) is 25.2 Å². The SMILES string of the molecule is [B]C(=O)C(=O)C1=CC2C=CC(C)=CC2C=C1. The summed E-state index contributed by atoms with van der Waals surface area (Å²) in [6.45, 7) is 2.04. The van der Waals surface area contributed by atoms with Gasteiger partial charge in [0.25, 0.3) is 0 Å². The van der Waals surface area contributed by atoms with E-state index < -0.39 is 11.5 Å². The van der Waals surface area contributed by atoms with Gasteiger partial charge in [-0.15, -0.1) is 0 Å². The highest BCUT2D eigenvalue weighted by Crippen LogP contribution is 2.30. The zero-order chi connectivity index (χ0) is 11.7. The Morgan fingerprint density at radius 1 is 1.12 bits per heavy atom. The van der Waals surface area contributed by atoms with Crippen molar-refractivity contribution in [1.82, 2.24) is 0 Å². The third-order valence-corrected chi connectivity index (χ3v) is 2.84. The van der Waals surface area contributed by atoms with E-state index in [1.165, 1.54) is 5.57 Å². The monoisotopic (exact) mass is 210 g/mol. The normalized spacial score (nSPS) is 26.8. The number of rotatable bonds is 2. The topological polar surface area (TPSA) is 34.1 Å². The molecule has 0 amide bonds. The molecule has 2 aliphatic carbocycles. The van der Waals surface area contributed by atoms with Crippen LogP contribution < -0.4 is 0 Å². The Balaban J connectivity index is 2.25. The molecule has 0 bridgehead atoms. The fourth-order valence-electron chi connectivity index (χ4n) is 1.98. The number of hydrogen-bond donors (Lipinski definition) is 0. The minimum absolute atomic E-state index is 0.159. The third-order valence-electron chi connectivity index (χ3n) is 2.84. The molecule has 0 aliphatic heterocycles. The first-order chi connectivity index (χ1) is 7.58. The molecule has 16 heavy (non-hydrogen) atoms. The lowest BCUT2D eigenvalue weighted by molar-refractivity contribution is -0.129. The van der Waals surface area contributed by atoms with E-state index in [-0.39, 0.29) is 11.8 Å². The first kappa shape index (κ1) is 10.9. The highest BCUT2D eigenvalue weighted by atomic mass is 16.2. The van der Waals surface area contributed by atoms with Crippen LogP contribution in [0.3, 0.4) is 0 Å². The molecule has 2 rings (SSSR count). The maximum Gasteiger partial charge on any atom is 0.216 e. The van der Waals surface area contributed by atoms with Gasteiger partial charge in [-0.05, 0) is 6.92 Å². The number of ketones is 1. The lowest BCUT2D eigenvalue weighted by atomic mass is 9.79. The van der Waals surface area contributed by atoms with Gasteiger partial charge in [0, 0.05) is 17.4 Å². The predicted molar refractivity (Wildman–Crippen MR) is 62.9 cm³/mol. The molecule has 0 aromatic rings. The quantitative estimate of drug-likeness (QED) is 0.511. The van der Waals surface area contributed by atoms with E-state index >= 15 is 0 Å². The molecule has 0 saturated heterocycles. The van der Waals surface area contributed by atoms with E-state index in [0.29, 0.717) is 5.57 Å². The zero-order valence-electron chi connectivity index (χ0n) is 9.01. The number of carbonyl (C=O) groups excluding carboxylic acids is 2. The third kappa shape index (κ3) is 1.99. The average Bonchev–Trinajstić information content (AvgIpc) is 2.27. The van der Waals surface area contributed by atoms with E-state index in [4.69, 9.17) is 7.85 Å². The lowest BCUT2D eigenvalue weighted by Gasteiger charge is -2.23. The van der Waals surface area contributed by atoms with Crippen molar-refractivity contribution in [2.45, 2.75) is 6.92 Å². The average molecular weight is 210 g/mol. The van der Waals surface area contributed by atoms with E-state index in [9.17, 15) is 9.59 Å². The molecular weight excluding hydrogens is 199 g/mol. The van der Waals surface area contributed by atoms with Crippen LogP contribution in [-0.4, -0.2) is 19.3 Å². The van der Waals surface area contributed by atoms with Crippen molar-refractivity contribution in [3.8, 4) is 0 Å². The molecule has 2 atom stereocenters. The zero-order valence-corrected chi connectivity index (χ0v) is 9.01. The predicted octanol–water partition coefficient (Wildman–Crippen LogP) is 1.50. The van der Waals surface area contributed by atoms with Crippen molar-refractivity contribution >= 4 is 19.3 Å². The van der Waals surface area contributed by atoms with Gasteiger partial charge >= 0.3 is 0 Å². The summed E-state index contributed by atoms with van der Waals surface area (Å²) in [5.74, 6) is -0.171. The second-order valence-corrected chi connectivity index (χ2v) is 4.10. The fourth-order valence-corrected chi connectivity index (χ4v) is 1.98. The molecule has 0 fully saturated rings. The van der Waals surface area contributed by atoms with Crippen LogP contribution in [0.2, 0.25) is 0 Å². The van der Waals surface area contributed by atoms with Gasteiger partial charge in [0.1, 0.15) is 5.68 Å². The maximum absolute atomic E-state index is 11.4. The summed E-state index contributed by atoms with van der Waals surface area (Å²) < 4.78 is 0. The molecule has 0 saturated carbocycles. The van der Waals surface area contributed by atoms with Crippen molar-refractivity contribution in [2.75, 3.05) is 0 Å². The van der Waals surface area contributed by atoms with Crippen LogP contribution >= 0.6 is 0 Å². The van der Waals surface area contributed by atoms with Crippen LogP contribution in [0.25, 0.3) is 0 Å². The molecule has 0 heterocycles. The highest BCUT2D eigenvalue weighted by Gasteiger charge is 2.22. The molecule has 2 nitrogen and oxygen atoms in total. The Labute approximate surface area is 95.8 Å². The molecule has 2 aliphatic rings. The van der Waals surface area contributed by atoms with Crippen molar-refractivity contribution in [3.63, 3.8) is 0 Å². The number of allylic oxidation sites excluding steroid dienone is 8. The summed E-state index contributed by atoms with van der Waals surface area (Å²) in [7, 11) is 4.96. The van der Waals surface area contributed by atoms with Crippen LogP contribution in [0, 0.1) is 11.8 Å². The Morgan fingerprint density at radius 2 is 1.75 bits per heavy atom. The van der Waals surface area contributed by atoms with Crippen LogP contribution in [0.15, 0.2) is 47.6 Å². The lowest BCUT2D eigenvalue weighted by Crippen LogP contribution is -2.20. The molecule has 0 aromatic heterocycles. The number of fused-ring (bicyclic) bond motifs is 1. The Hall–Kier alpha value is -1.64. The van der Waals surface area contributed by atoms with E-state index in [2.05, 4.69) is 6.08 Å². The number of hydrogen-bond acceptors (Lipinski definition) is 2. The second-order valence-electron chi connectivity index (χ2n) is 4.10. The standard InChI is InChI=1S/C13H11BO2/c1-8-2-3-10-7-11(12(15)13(14)16)5-4-9(10)6-8/h2-7,9-10H,1H3. The van der Waals surface area contributed by atoms with E-state index in [0.717, 1.165) is 0 Å². The smallest absolute Gasteiger partial charge is 0.216 e. The summed E-state index contributed by atoms with van der Waals surface area (Å²) in [6.07, 6.45) is 11.6. The second kappa shape index (κ2) is 4.09. The Morgan fingerprint density at radius 3 is 2.44 bits per heavy atom. The summed E-state index contributed by atoms with van der Waals surface area (Å²) >= 11 is 0. The molecule has 78 valence electrons. The van der Waals surface area contributed by atoms with Crippen LogP contribution in [0.1, 0.15) is 6.92 Å². The van der Waals surface area contributed by atoms with E-state index in [1.54, 1.807) is 12.2 Å². The molecule has 2 radical (unpaired) electrons. The maximum atomic E-state index is 11.4. The van der Waals surface area contributed by atoms with Gasteiger partial charge in [0.2, 0.25) is 5.78 Å². The summed E-state index contributed by atoms with van der Waals surface area (Å²) in [6, 6.07) is 0.